The number of hydrogen-bond donors (Lipinski definition) is 1. The standard InChI is InChI=1S/C33H33ClF4N6O2/c1-19-8-13-44(17-19)27-14-21(30-40-31(42-41-30)33(36,37)38)16-39-26(27)18-43-11-9-20(10-12-43)23-4-3-5-28-29(23)46-32(2,45-28)24-7-6-22(34)15-25(24)35/h3-7,14-16,19-20H,8-13,17-18H2,1-2H3,(H,40,41,42)/t19?,32-/m0/s1. The van der Waals surface area contributed by atoms with Gasteiger partial charge in [-0.3, -0.25) is 15.0 Å². The zero-order valence-electron chi connectivity index (χ0n) is 25.4. The molecule has 0 amide bonds. The van der Waals surface area contributed by atoms with Crippen LogP contribution in [0.3, 0.4) is 0 Å². The summed E-state index contributed by atoms with van der Waals surface area (Å²) in [5.74, 6) is -1.02. The van der Waals surface area contributed by atoms with Crippen molar-refractivity contribution in [2.45, 2.75) is 57.5 Å². The zero-order valence-corrected chi connectivity index (χ0v) is 26.1. The molecule has 2 aromatic carbocycles. The van der Waals surface area contributed by atoms with Gasteiger partial charge < -0.3 is 14.4 Å². The van der Waals surface area contributed by atoms with Crippen LogP contribution >= 0.6 is 11.6 Å². The van der Waals surface area contributed by atoms with Crippen LogP contribution in [-0.2, 0) is 18.5 Å². The molecule has 0 radical (unpaired) electrons. The van der Waals surface area contributed by atoms with Gasteiger partial charge in [0.25, 0.3) is 5.79 Å². The number of alkyl halides is 3. The largest absolute Gasteiger partial charge is 0.451 e. The fourth-order valence-electron chi connectivity index (χ4n) is 6.72. The van der Waals surface area contributed by atoms with Gasteiger partial charge in [0.15, 0.2) is 17.3 Å². The molecule has 2 aromatic heterocycles. The summed E-state index contributed by atoms with van der Waals surface area (Å²) < 4.78 is 66.8. The Bertz CT molecular complexity index is 1760. The summed E-state index contributed by atoms with van der Waals surface area (Å²) in [5.41, 5.74) is 3.53. The Balaban J connectivity index is 1.07. The summed E-state index contributed by atoms with van der Waals surface area (Å²) in [6.07, 6.45) is -0.273. The van der Waals surface area contributed by atoms with Crippen molar-refractivity contribution in [3.63, 3.8) is 0 Å². The van der Waals surface area contributed by atoms with Crippen LogP contribution in [0.15, 0.2) is 48.7 Å². The van der Waals surface area contributed by atoms with Gasteiger partial charge in [0.2, 0.25) is 5.82 Å². The Morgan fingerprint density at radius 3 is 2.57 bits per heavy atom. The molecule has 0 bridgehead atoms. The number of benzene rings is 2. The number of anilines is 1. The van der Waals surface area contributed by atoms with E-state index < -0.39 is 23.6 Å². The number of aromatic nitrogens is 4. The Hall–Kier alpha value is -3.90. The number of para-hydroxylation sites is 1. The molecule has 3 aliphatic heterocycles. The van der Waals surface area contributed by atoms with Gasteiger partial charge in [-0.25, -0.2) is 9.37 Å². The summed E-state index contributed by atoms with van der Waals surface area (Å²) in [6.45, 7) is 7.83. The molecule has 1 N–H and O–H groups in total. The van der Waals surface area contributed by atoms with Gasteiger partial charge in [0.05, 0.1) is 16.9 Å². The van der Waals surface area contributed by atoms with Crippen molar-refractivity contribution in [3.8, 4) is 22.9 Å². The van der Waals surface area contributed by atoms with E-state index in [1.807, 2.05) is 29.4 Å². The van der Waals surface area contributed by atoms with E-state index in [0.717, 1.165) is 62.4 Å². The van der Waals surface area contributed by atoms with Gasteiger partial charge in [-0.05, 0) is 74.5 Å². The van der Waals surface area contributed by atoms with Crippen molar-refractivity contribution in [3.05, 3.63) is 82.1 Å². The minimum absolute atomic E-state index is 0.0304. The SMILES string of the molecule is CC1CCN(c2cc(-c3n[nH]c(C(F)(F)F)n3)cnc2CN2CCC(c3cccc4c3O[C@@](C)(c3ccc(Cl)cc3F)O4)CC2)C1. The maximum atomic E-state index is 14.8. The molecule has 2 saturated heterocycles. The highest BCUT2D eigenvalue weighted by Gasteiger charge is 2.43. The molecule has 2 atom stereocenters. The molecule has 3 aliphatic rings. The van der Waals surface area contributed by atoms with E-state index in [0.29, 0.717) is 34.5 Å². The summed E-state index contributed by atoms with van der Waals surface area (Å²) in [4.78, 5) is 13.0. The fraction of sp³-hybridized carbons (Fsp3) is 0.424. The number of aromatic amines is 1. The van der Waals surface area contributed by atoms with Gasteiger partial charge in [0, 0.05) is 48.9 Å². The minimum Gasteiger partial charge on any atom is -0.444 e. The Morgan fingerprint density at radius 2 is 1.87 bits per heavy atom. The summed E-state index contributed by atoms with van der Waals surface area (Å²) in [7, 11) is 0. The third-order valence-corrected chi connectivity index (χ3v) is 9.39. The number of nitrogens with zero attached hydrogens (tertiary/aromatic N) is 5. The predicted octanol–water partition coefficient (Wildman–Crippen LogP) is 7.55. The molecule has 242 valence electrons. The van der Waals surface area contributed by atoms with Crippen molar-refractivity contribution in [1.29, 1.82) is 0 Å². The lowest BCUT2D eigenvalue weighted by atomic mass is 9.88. The third kappa shape index (κ3) is 5.88. The van der Waals surface area contributed by atoms with Crippen molar-refractivity contribution < 1.29 is 27.0 Å². The maximum Gasteiger partial charge on any atom is 0.451 e. The second-order valence-corrected chi connectivity index (χ2v) is 13.0. The molecule has 0 spiro atoms. The van der Waals surface area contributed by atoms with E-state index in [-0.39, 0.29) is 17.3 Å². The van der Waals surface area contributed by atoms with Crippen LogP contribution in [0.5, 0.6) is 11.5 Å². The Kier molecular flexibility index (Phi) is 7.83. The minimum atomic E-state index is -4.61. The number of pyridine rings is 1. The summed E-state index contributed by atoms with van der Waals surface area (Å²) in [6, 6.07) is 12.1. The van der Waals surface area contributed by atoms with Gasteiger partial charge in [0.1, 0.15) is 5.82 Å². The number of hydrogen-bond acceptors (Lipinski definition) is 7. The van der Waals surface area contributed by atoms with Gasteiger partial charge in [-0.2, -0.15) is 18.3 Å². The number of halogens is 5. The second kappa shape index (κ2) is 11.7. The first-order chi connectivity index (χ1) is 22.0. The zero-order chi connectivity index (χ0) is 32.2. The van der Waals surface area contributed by atoms with Crippen molar-refractivity contribution in [2.24, 2.45) is 5.92 Å². The van der Waals surface area contributed by atoms with Crippen LogP contribution in [0.1, 0.15) is 61.7 Å². The lowest BCUT2D eigenvalue weighted by Crippen LogP contribution is -2.34. The molecule has 0 saturated carbocycles. The average molecular weight is 657 g/mol. The van der Waals surface area contributed by atoms with Crippen molar-refractivity contribution in [2.75, 3.05) is 31.1 Å². The summed E-state index contributed by atoms with van der Waals surface area (Å²) >= 11 is 5.97. The molecule has 1 unspecified atom stereocenters. The normalized spacial score (nSPS) is 22.2. The van der Waals surface area contributed by atoms with Crippen LogP contribution in [0.2, 0.25) is 5.02 Å². The molecule has 8 nitrogen and oxygen atoms in total. The van der Waals surface area contributed by atoms with E-state index in [4.69, 9.17) is 26.1 Å². The van der Waals surface area contributed by atoms with Crippen LogP contribution in [-0.4, -0.2) is 51.2 Å². The topological polar surface area (TPSA) is 79.4 Å². The van der Waals surface area contributed by atoms with Crippen molar-refractivity contribution >= 4 is 17.3 Å². The average Bonchev–Trinajstić information content (AvgIpc) is 3.76. The van der Waals surface area contributed by atoms with Crippen LogP contribution in [0.25, 0.3) is 11.4 Å². The molecule has 5 heterocycles. The number of fused-ring (bicyclic) bond motifs is 1. The maximum absolute atomic E-state index is 14.8. The van der Waals surface area contributed by atoms with E-state index in [1.165, 1.54) is 6.07 Å². The lowest BCUT2D eigenvalue weighted by molar-refractivity contribution is -0.144. The van der Waals surface area contributed by atoms with Gasteiger partial charge >= 0.3 is 6.18 Å². The first kappa shape index (κ1) is 30.7. The Labute approximate surface area is 268 Å². The van der Waals surface area contributed by atoms with Crippen LogP contribution in [0.4, 0.5) is 23.2 Å². The second-order valence-electron chi connectivity index (χ2n) is 12.5. The highest BCUT2D eigenvalue weighted by molar-refractivity contribution is 6.30. The molecule has 7 rings (SSSR count). The van der Waals surface area contributed by atoms with Gasteiger partial charge in [-0.15, -0.1) is 0 Å². The molecule has 13 heteroatoms. The van der Waals surface area contributed by atoms with Crippen LogP contribution < -0.4 is 14.4 Å². The van der Waals surface area contributed by atoms with E-state index in [2.05, 4.69) is 26.8 Å². The van der Waals surface area contributed by atoms with E-state index in [9.17, 15) is 17.6 Å². The number of nitrogens with one attached hydrogen (secondary N) is 1. The van der Waals surface area contributed by atoms with Crippen LogP contribution in [0, 0.1) is 11.7 Å². The number of likely N-dealkylation sites (tertiary alicyclic amines) is 1. The number of ether oxygens (including phenoxy) is 2. The van der Waals surface area contributed by atoms with E-state index in [1.54, 1.807) is 25.3 Å². The first-order valence-electron chi connectivity index (χ1n) is 15.4. The number of rotatable bonds is 6. The highest BCUT2D eigenvalue weighted by atomic mass is 35.5. The van der Waals surface area contributed by atoms with Crippen molar-refractivity contribution in [1.82, 2.24) is 25.1 Å². The first-order valence-corrected chi connectivity index (χ1v) is 15.8. The lowest BCUT2D eigenvalue weighted by Gasteiger charge is -2.33. The monoisotopic (exact) mass is 656 g/mol. The quantitative estimate of drug-likeness (QED) is 0.215. The molecule has 2 fully saturated rings. The fourth-order valence-corrected chi connectivity index (χ4v) is 6.88. The molecular weight excluding hydrogens is 624 g/mol. The predicted molar refractivity (Wildman–Crippen MR) is 164 cm³/mol. The Morgan fingerprint density at radius 1 is 1.07 bits per heavy atom. The smallest absolute Gasteiger partial charge is 0.444 e. The molecule has 0 aliphatic carbocycles. The third-order valence-electron chi connectivity index (χ3n) is 9.16. The molecular formula is C33H33ClF4N6O2. The van der Waals surface area contributed by atoms with Gasteiger partial charge in [-0.1, -0.05) is 30.7 Å². The number of H-pyrrole nitrogens is 1. The molecule has 4 aromatic rings. The molecule has 46 heavy (non-hydrogen) atoms. The number of piperidine rings is 1. The summed E-state index contributed by atoms with van der Waals surface area (Å²) in [5, 5.41) is 6.11. The van der Waals surface area contributed by atoms with E-state index >= 15 is 0 Å². The highest BCUT2D eigenvalue weighted by Crippen LogP contribution is 2.50.